The molecule has 1 amide bonds. The second-order valence-corrected chi connectivity index (χ2v) is 8.46. The molecule has 1 atom stereocenters. The Morgan fingerprint density at radius 2 is 2.00 bits per heavy atom. The number of hydrogen-bond donors (Lipinski definition) is 1. The van der Waals surface area contributed by atoms with Crippen molar-refractivity contribution in [3.05, 3.63) is 70.5 Å². The van der Waals surface area contributed by atoms with Gasteiger partial charge in [0.1, 0.15) is 5.82 Å². The molecule has 10 heteroatoms. The normalized spacial score (nSPS) is 14.9. The van der Waals surface area contributed by atoms with Gasteiger partial charge < -0.3 is 14.8 Å². The summed E-state index contributed by atoms with van der Waals surface area (Å²) in [4.78, 5) is 17.5. The van der Waals surface area contributed by atoms with Crippen LogP contribution in [-0.4, -0.2) is 44.6 Å². The predicted octanol–water partition coefficient (Wildman–Crippen LogP) is 4.57. The molecular weight excluding hydrogens is 468 g/mol. The molecule has 35 heavy (non-hydrogen) atoms. The first-order valence-corrected chi connectivity index (χ1v) is 11.5. The highest BCUT2D eigenvalue weighted by Gasteiger charge is 2.35. The molecule has 0 saturated heterocycles. The van der Waals surface area contributed by atoms with Gasteiger partial charge in [-0.15, -0.1) is 5.10 Å². The third-order valence-corrected chi connectivity index (χ3v) is 6.12. The number of methoxy groups -OCH3 is 1. The zero-order valence-electron chi connectivity index (χ0n) is 19.4. The van der Waals surface area contributed by atoms with Crippen molar-refractivity contribution in [3.63, 3.8) is 0 Å². The van der Waals surface area contributed by atoms with Gasteiger partial charge in [-0.3, -0.25) is 4.79 Å². The zero-order chi connectivity index (χ0) is 24.5. The van der Waals surface area contributed by atoms with Crippen molar-refractivity contribution in [2.45, 2.75) is 26.2 Å². The minimum Gasteiger partial charge on any atom is -0.493 e. The fourth-order valence-corrected chi connectivity index (χ4v) is 4.49. The molecule has 9 nitrogen and oxygen atoms in total. The van der Waals surface area contributed by atoms with Gasteiger partial charge in [0.05, 0.1) is 31.3 Å². The lowest BCUT2D eigenvalue weighted by Crippen LogP contribution is -2.25. The summed E-state index contributed by atoms with van der Waals surface area (Å²) in [5, 5.41) is 16.6. The quantitative estimate of drug-likeness (QED) is 0.422. The number of aromatic nitrogens is 5. The van der Waals surface area contributed by atoms with Gasteiger partial charge in [0.2, 0.25) is 5.91 Å². The van der Waals surface area contributed by atoms with Gasteiger partial charge in [0.15, 0.2) is 11.5 Å². The number of aryl methyl sites for hydroxylation is 1. The molecular formula is C25H23ClN6O3. The fraction of sp³-hybridized carbons (Fsp3) is 0.240. The Balaban J connectivity index is 1.63. The zero-order valence-corrected chi connectivity index (χ0v) is 20.2. The van der Waals surface area contributed by atoms with E-state index in [1.807, 2.05) is 44.2 Å². The number of halogens is 1. The number of nitrogens with zero attached hydrogens (tertiary/aromatic N) is 5. The van der Waals surface area contributed by atoms with Crippen LogP contribution < -0.4 is 14.8 Å². The number of benzene rings is 2. The maximum atomic E-state index is 12.9. The Hall–Kier alpha value is -3.98. The van der Waals surface area contributed by atoms with E-state index < -0.39 is 0 Å². The van der Waals surface area contributed by atoms with E-state index in [9.17, 15) is 4.79 Å². The first kappa shape index (κ1) is 22.8. The van der Waals surface area contributed by atoms with Crippen LogP contribution in [0.3, 0.4) is 0 Å². The maximum absolute atomic E-state index is 12.9. The highest BCUT2D eigenvalue weighted by Crippen LogP contribution is 2.45. The summed E-state index contributed by atoms with van der Waals surface area (Å²) < 4.78 is 13.0. The van der Waals surface area contributed by atoms with Crippen molar-refractivity contribution >= 4 is 23.3 Å². The first-order chi connectivity index (χ1) is 17.0. The van der Waals surface area contributed by atoms with E-state index in [4.69, 9.17) is 21.1 Å². The van der Waals surface area contributed by atoms with Crippen LogP contribution in [0.5, 0.6) is 11.5 Å². The topological polar surface area (TPSA) is 104 Å². The molecule has 1 N–H and O–H groups in total. The summed E-state index contributed by atoms with van der Waals surface area (Å²) in [7, 11) is 1.60. The third-order valence-electron chi connectivity index (χ3n) is 5.87. The Morgan fingerprint density at radius 3 is 2.74 bits per heavy atom. The molecule has 2 aromatic heterocycles. The number of para-hydroxylation sites is 1. The third kappa shape index (κ3) is 4.19. The molecule has 0 spiro atoms. The first-order valence-electron chi connectivity index (χ1n) is 11.1. The predicted molar refractivity (Wildman–Crippen MR) is 131 cm³/mol. The van der Waals surface area contributed by atoms with Crippen LogP contribution in [0.2, 0.25) is 5.02 Å². The van der Waals surface area contributed by atoms with Gasteiger partial charge in [0.25, 0.3) is 5.95 Å². The van der Waals surface area contributed by atoms with Crippen LogP contribution in [0.4, 0.5) is 5.82 Å². The Morgan fingerprint density at radius 1 is 1.20 bits per heavy atom. The molecule has 1 aliphatic heterocycles. The standard InChI is InChI=1S/C25H23ClN6O3/c1-4-35-23-17(6-5-7-20(23)34-3)18-12-21(33)29-24-22(18)14(2)31-32(24)25-28-19(13-27-30-25)15-8-10-16(26)11-9-15/h5-11,13,18H,4,12H2,1-3H3,(H,29,33)/t18-/m0/s1. The van der Waals surface area contributed by atoms with E-state index in [1.54, 1.807) is 25.4 Å². The average molecular weight is 491 g/mol. The molecule has 4 aromatic rings. The van der Waals surface area contributed by atoms with Crippen molar-refractivity contribution in [1.29, 1.82) is 0 Å². The monoisotopic (exact) mass is 490 g/mol. The molecule has 0 radical (unpaired) electrons. The van der Waals surface area contributed by atoms with Gasteiger partial charge >= 0.3 is 0 Å². The lowest BCUT2D eigenvalue weighted by Gasteiger charge is -2.26. The molecule has 5 rings (SSSR count). The van der Waals surface area contributed by atoms with E-state index in [0.29, 0.717) is 34.6 Å². The van der Waals surface area contributed by atoms with Gasteiger partial charge in [-0.1, -0.05) is 35.9 Å². The molecule has 2 aromatic carbocycles. The number of hydrogen-bond acceptors (Lipinski definition) is 7. The summed E-state index contributed by atoms with van der Waals surface area (Å²) in [6.07, 6.45) is 1.82. The van der Waals surface area contributed by atoms with E-state index in [0.717, 1.165) is 22.4 Å². The van der Waals surface area contributed by atoms with E-state index in [2.05, 4.69) is 25.6 Å². The SMILES string of the molecule is CCOc1c(OC)cccc1[C@@H]1CC(=O)Nc2c1c(C)nn2-c1nncc(-c2ccc(Cl)cc2)n1. The van der Waals surface area contributed by atoms with Crippen LogP contribution in [0.1, 0.15) is 36.1 Å². The van der Waals surface area contributed by atoms with Crippen molar-refractivity contribution < 1.29 is 14.3 Å². The van der Waals surface area contributed by atoms with Gasteiger partial charge in [-0.2, -0.15) is 14.9 Å². The molecule has 0 bridgehead atoms. The number of amides is 1. The Bertz CT molecular complexity index is 1400. The largest absolute Gasteiger partial charge is 0.493 e. The molecule has 0 unspecified atom stereocenters. The van der Waals surface area contributed by atoms with Gasteiger partial charge in [0, 0.05) is 34.1 Å². The van der Waals surface area contributed by atoms with E-state index in [-0.39, 0.29) is 24.2 Å². The van der Waals surface area contributed by atoms with Gasteiger partial charge in [-0.25, -0.2) is 4.98 Å². The summed E-state index contributed by atoms with van der Waals surface area (Å²) in [6, 6.07) is 13.0. The van der Waals surface area contributed by atoms with E-state index in [1.165, 1.54) is 4.68 Å². The van der Waals surface area contributed by atoms with Crippen LogP contribution in [0, 0.1) is 6.92 Å². The molecule has 1 aliphatic rings. The van der Waals surface area contributed by atoms with Crippen molar-refractivity contribution in [3.8, 4) is 28.7 Å². The highest BCUT2D eigenvalue weighted by atomic mass is 35.5. The second kappa shape index (κ2) is 9.34. The van der Waals surface area contributed by atoms with Crippen LogP contribution in [-0.2, 0) is 4.79 Å². The van der Waals surface area contributed by atoms with E-state index >= 15 is 0 Å². The fourth-order valence-electron chi connectivity index (χ4n) is 4.37. The number of carbonyl (C=O) groups is 1. The maximum Gasteiger partial charge on any atom is 0.272 e. The summed E-state index contributed by atoms with van der Waals surface area (Å²) in [5.41, 5.74) is 3.93. The number of nitrogens with one attached hydrogen (secondary N) is 1. The van der Waals surface area contributed by atoms with Crippen molar-refractivity contribution in [2.75, 3.05) is 19.0 Å². The highest BCUT2D eigenvalue weighted by molar-refractivity contribution is 6.30. The number of anilines is 1. The Kier molecular flexibility index (Phi) is 6.08. The number of rotatable bonds is 6. The van der Waals surface area contributed by atoms with Crippen LogP contribution in [0.25, 0.3) is 17.2 Å². The van der Waals surface area contributed by atoms with Crippen LogP contribution in [0.15, 0.2) is 48.7 Å². The lowest BCUT2D eigenvalue weighted by molar-refractivity contribution is -0.116. The minimum absolute atomic E-state index is 0.143. The summed E-state index contributed by atoms with van der Waals surface area (Å²) in [6.45, 7) is 4.28. The molecule has 0 saturated carbocycles. The minimum atomic E-state index is -0.281. The molecule has 0 fully saturated rings. The molecule has 0 aliphatic carbocycles. The second-order valence-electron chi connectivity index (χ2n) is 8.02. The summed E-state index contributed by atoms with van der Waals surface area (Å²) >= 11 is 6.02. The molecule has 178 valence electrons. The van der Waals surface area contributed by atoms with Gasteiger partial charge in [-0.05, 0) is 32.0 Å². The lowest BCUT2D eigenvalue weighted by atomic mass is 9.85. The van der Waals surface area contributed by atoms with Crippen LogP contribution >= 0.6 is 11.6 Å². The number of ether oxygens (including phenoxy) is 2. The van der Waals surface area contributed by atoms with Crippen molar-refractivity contribution in [1.82, 2.24) is 25.0 Å². The number of carbonyl (C=O) groups excluding carboxylic acids is 1. The van der Waals surface area contributed by atoms with Crippen molar-refractivity contribution in [2.24, 2.45) is 0 Å². The smallest absolute Gasteiger partial charge is 0.272 e. The number of fused-ring (bicyclic) bond motifs is 1. The Labute approximate surface area is 207 Å². The summed E-state index contributed by atoms with van der Waals surface area (Å²) in [5.74, 6) is 1.58. The average Bonchev–Trinajstić information content (AvgIpc) is 3.20. The molecule has 3 heterocycles.